The molecule has 138 valence electrons. The van der Waals surface area contributed by atoms with Gasteiger partial charge in [0.25, 0.3) is 0 Å². The van der Waals surface area contributed by atoms with Crippen molar-refractivity contribution in [2.24, 2.45) is 0 Å². The summed E-state index contributed by atoms with van der Waals surface area (Å²) in [6, 6.07) is 11.6. The van der Waals surface area contributed by atoms with Gasteiger partial charge < -0.3 is 14.5 Å². The summed E-state index contributed by atoms with van der Waals surface area (Å²) in [4.78, 5) is 26.7. The van der Waals surface area contributed by atoms with Gasteiger partial charge in [0.05, 0.1) is 42.1 Å². The molecule has 4 aromatic rings. The number of nitriles is 1. The molecule has 4 heterocycles. The van der Waals surface area contributed by atoms with Gasteiger partial charge in [0.1, 0.15) is 11.2 Å². The van der Waals surface area contributed by atoms with Gasteiger partial charge in [-0.05, 0) is 30.2 Å². The molecule has 0 bridgehead atoms. The van der Waals surface area contributed by atoms with Crippen LogP contribution in [0.3, 0.4) is 0 Å². The molecule has 1 aromatic carbocycles. The summed E-state index contributed by atoms with van der Waals surface area (Å²) in [5.74, 6) is 0.0930. The topological polar surface area (TPSA) is 90.6 Å². The van der Waals surface area contributed by atoms with Crippen molar-refractivity contribution in [3.05, 3.63) is 60.2 Å². The van der Waals surface area contributed by atoms with Gasteiger partial charge in [-0.1, -0.05) is 12.1 Å². The second-order valence-corrected chi connectivity index (χ2v) is 7.16. The Balaban J connectivity index is 1.37. The van der Waals surface area contributed by atoms with Gasteiger partial charge in [-0.3, -0.25) is 4.79 Å². The number of carbonyl (C=O) groups is 1. The lowest BCUT2D eigenvalue weighted by Gasteiger charge is -2.18. The van der Waals surface area contributed by atoms with Crippen LogP contribution in [0.15, 0.2) is 49.1 Å². The summed E-state index contributed by atoms with van der Waals surface area (Å²) in [6.07, 6.45) is 6.73. The standard InChI is InChI=1S/C21H18N6O/c22-10-15-3-1-2-14(8-15)9-19(28)26-7-5-16(12-26)27-13-25-18-11-24-21-17(20(18)27)4-6-23-21/h1-4,6,8,11,13,16H,5,7,9,12H2,(H,23,24). The van der Waals surface area contributed by atoms with Crippen LogP contribution in [0.25, 0.3) is 22.1 Å². The van der Waals surface area contributed by atoms with Crippen molar-refractivity contribution in [3.63, 3.8) is 0 Å². The number of amides is 1. The predicted molar refractivity (Wildman–Crippen MR) is 104 cm³/mol. The van der Waals surface area contributed by atoms with E-state index in [0.29, 0.717) is 18.5 Å². The molecule has 0 saturated carbocycles. The number of pyridine rings is 1. The number of likely N-dealkylation sites (tertiary alicyclic amines) is 1. The summed E-state index contributed by atoms with van der Waals surface area (Å²) in [6.45, 7) is 1.39. The van der Waals surface area contributed by atoms with Crippen molar-refractivity contribution >= 4 is 28.0 Å². The average molecular weight is 370 g/mol. The Bertz CT molecular complexity index is 1230. The van der Waals surface area contributed by atoms with Crippen LogP contribution in [0, 0.1) is 11.3 Å². The van der Waals surface area contributed by atoms with E-state index in [1.807, 2.05) is 35.6 Å². The Morgan fingerprint density at radius 1 is 1.32 bits per heavy atom. The SMILES string of the molecule is N#Cc1cccc(CC(=O)N2CCC(n3cnc4cnc5[nH]ccc5c43)C2)c1. The van der Waals surface area contributed by atoms with Crippen LogP contribution in [0.4, 0.5) is 0 Å². The van der Waals surface area contributed by atoms with Crippen LogP contribution in [0.2, 0.25) is 0 Å². The van der Waals surface area contributed by atoms with Gasteiger partial charge in [0, 0.05) is 24.7 Å². The molecule has 1 saturated heterocycles. The first-order valence-electron chi connectivity index (χ1n) is 9.28. The highest BCUT2D eigenvalue weighted by molar-refractivity contribution is 6.01. The second-order valence-electron chi connectivity index (χ2n) is 7.16. The summed E-state index contributed by atoms with van der Waals surface area (Å²) >= 11 is 0. The Kier molecular flexibility index (Phi) is 3.83. The minimum atomic E-state index is 0.0930. The van der Waals surface area contributed by atoms with Crippen molar-refractivity contribution in [2.75, 3.05) is 13.1 Å². The summed E-state index contributed by atoms with van der Waals surface area (Å²) in [5.41, 5.74) is 4.23. The van der Waals surface area contributed by atoms with Gasteiger partial charge in [0.15, 0.2) is 0 Å². The lowest BCUT2D eigenvalue weighted by atomic mass is 10.1. The number of nitrogens with one attached hydrogen (secondary N) is 1. The minimum Gasteiger partial charge on any atom is -0.346 e. The molecule has 1 unspecified atom stereocenters. The molecule has 0 spiro atoms. The maximum Gasteiger partial charge on any atom is 0.227 e. The third kappa shape index (κ3) is 2.70. The lowest BCUT2D eigenvalue weighted by molar-refractivity contribution is -0.129. The predicted octanol–water partition coefficient (Wildman–Crippen LogP) is 2.80. The fourth-order valence-corrected chi connectivity index (χ4v) is 4.04. The molecule has 1 N–H and O–H groups in total. The van der Waals surface area contributed by atoms with E-state index in [1.54, 1.807) is 18.3 Å². The molecule has 1 aliphatic heterocycles. The second kappa shape index (κ2) is 6.50. The number of fused-ring (bicyclic) bond motifs is 3. The number of nitrogens with zero attached hydrogens (tertiary/aromatic N) is 5. The molecule has 5 rings (SSSR count). The molecule has 3 aromatic heterocycles. The first-order valence-corrected chi connectivity index (χ1v) is 9.28. The van der Waals surface area contributed by atoms with Crippen molar-refractivity contribution in [1.82, 2.24) is 24.4 Å². The highest BCUT2D eigenvalue weighted by Gasteiger charge is 2.28. The molecule has 7 nitrogen and oxygen atoms in total. The Hall–Kier alpha value is -3.66. The third-order valence-electron chi connectivity index (χ3n) is 5.44. The monoisotopic (exact) mass is 370 g/mol. The molecule has 1 amide bonds. The van der Waals surface area contributed by atoms with Gasteiger partial charge in [-0.2, -0.15) is 5.26 Å². The number of carbonyl (C=O) groups excluding carboxylic acids is 1. The summed E-state index contributed by atoms with van der Waals surface area (Å²) < 4.78 is 2.18. The van der Waals surface area contributed by atoms with Crippen molar-refractivity contribution < 1.29 is 4.79 Å². The molecular formula is C21H18N6O. The smallest absolute Gasteiger partial charge is 0.227 e. The van der Waals surface area contributed by atoms with E-state index in [0.717, 1.165) is 40.6 Å². The van der Waals surface area contributed by atoms with Crippen LogP contribution in [0.5, 0.6) is 0 Å². The van der Waals surface area contributed by atoms with E-state index in [1.165, 1.54) is 0 Å². The van der Waals surface area contributed by atoms with E-state index in [4.69, 9.17) is 5.26 Å². The van der Waals surface area contributed by atoms with Crippen LogP contribution in [0.1, 0.15) is 23.6 Å². The number of aromatic amines is 1. The molecule has 7 heteroatoms. The Morgan fingerprint density at radius 3 is 3.14 bits per heavy atom. The van der Waals surface area contributed by atoms with E-state index < -0.39 is 0 Å². The maximum absolute atomic E-state index is 12.8. The van der Waals surface area contributed by atoms with Crippen LogP contribution in [-0.2, 0) is 11.2 Å². The minimum absolute atomic E-state index is 0.0930. The largest absolute Gasteiger partial charge is 0.346 e. The highest BCUT2D eigenvalue weighted by Crippen LogP contribution is 2.29. The number of aromatic nitrogens is 4. The van der Waals surface area contributed by atoms with Crippen molar-refractivity contribution in [3.8, 4) is 6.07 Å². The number of imidazole rings is 1. The summed E-state index contributed by atoms with van der Waals surface area (Å²) in [7, 11) is 0. The molecule has 1 aliphatic rings. The number of H-pyrrole nitrogens is 1. The number of benzene rings is 1. The van der Waals surface area contributed by atoms with Crippen molar-refractivity contribution in [1.29, 1.82) is 5.26 Å². The molecule has 1 atom stereocenters. The zero-order chi connectivity index (χ0) is 19.1. The zero-order valence-corrected chi connectivity index (χ0v) is 15.2. The van der Waals surface area contributed by atoms with Gasteiger partial charge >= 0.3 is 0 Å². The molecular weight excluding hydrogens is 352 g/mol. The fraction of sp³-hybridized carbons (Fsp3) is 0.238. The molecule has 1 fully saturated rings. The average Bonchev–Trinajstić information content (AvgIpc) is 3.45. The Labute approximate surface area is 161 Å². The maximum atomic E-state index is 12.8. The fourth-order valence-electron chi connectivity index (χ4n) is 4.04. The quantitative estimate of drug-likeness (QED) is 0.600. The van der Waals surface area contributed by atoms with E-state index in [-0.39, 0.29) is 11.9 Å². The first-order chi connectivity index (χ1) is 13.7. The van der Waals surface area contributed by atoms with E-state index in [9.17, 15) is 4.79 Å². The highest BCUT2D eigenvalue weighted by atomic mass is 16.2. The van der Waals surface area contributed by atoms with Crippen LogP contribution >= 0.6 is 0 Å². The number of hydrogen-bond acceptors (Lipinski definition) is 4. The third-order valence-corrected chi connectivity index (χ3v) is 5.44. The molecule has 0 radical (unpaired) electrons. The number of hydrogen-bond donors (Lipinski definition) is 1. The normalized spacial score (nSPS) is 16.7. The van der Waals surface area contributed by atoms with Crippen molar-refractivity contribution in [2.45, 2.75) is 18.9 Å². The van der Waals surface area contributed by atoms with Crippen LogP contribution in [-0.4, -0.2) is 43.4 Å². The first kappa shape index (κ1) is 16.5. The number of rotatable bonds is 3. The molecule has 0 aliphatic carbocycles. The van der Waals surface area contributed by atoms with Gasteiger partial charge in [-0.25, -0.2) is 9.97 Å². The molecule has 28 heavy (non-hydrogen) atoms. The lowest BCUT2D eigenvalue weighted by Crippen LogP contribution is -2.30. The van der Waals surface area contributed by atoms with Gasteiger partial charge in [0.2, 0.25) is 5.91 Å². The van der Waals surface area contributed by atoms with E-state index >= 15 is 0 Å². The van der Waals surface area contributed by atoms with Crippen LogP contribution < -0.4 is 0 Å². The van der Waals surface area contributed by atoms with E-state index in [2.05, 4.69) is 25.6 Å². The summed E-state index contributed by atoms with van der Waals surface area (Å²) in [5, 5.41) is 10.1. The Morgan fingerprint density at radius 2 is 2.25 bits per heavy atom. The van der Waals surface area contributed by atoms with Gasteiger partial charge in [-0.15, -0.1) is 0 Å². The zero-order valence-electron chi connectivity index (χ0n) is 15.2.